The summed E-state index contributed by atoms with van der Waals surface area (Å²) in [7, 11) is 0. The van der Waals surface area contributed by atoms with Gasteiger partial charge in [-0.25, -0.2) is 4.79 Å². The molecule has 3 saturated heterocycles. The van der Waals surface area contributed by atoms with E-state index < -0.39 is 54.4 Å². The van der Waals surface area contributed by atoms with Crippen molar-refractivity contribution in [3.63, 3.8) is 0 Å². The molecule has 8 atom stereocenters. The van der Waals surface area contributed by atoms with Crippen LogP contribution in [0.25, 0.3) is 0 Å². The molecule has 0 saturated carbocycles. The first-order chi connectivity index (χ1) is 18.7. The van der Waals surface area contributed by atoms with Gasteiger partial charge < -0.3 is 39.6 Å². The van der Waals surface area contributed by atoms with E-state index in [0.717, 1.165) is 6.08 Å². The summed E-state index contributed by atoms with van der Waals surface area (Å²) >= 11 is 0. The van der Waals surface area contributed by atoms with Crippen molar-refractivity contribution >= 4 is 17.7 Å². The topological polar surface area (TPSA) is 161 Å². The number of rotatable bonds is 11. The first-order valence-electron chi connectivity index (χ1n) is 13.8. The zero-order chi connectivity index (χ0) is 29.7. The van der Waals surface area contributed by atoms with Gasteiger partial charge in [-0.2, -0.15) is 0 Å². The number of ether oxygens (including phenoxy) is 4. The molecular weight excluding hydrogens is 522 g/mol. The Kier molecular flexibility index (Phi) is 10.8. The average Bonchev–Trinajstić information content (AvgIpc) is 2.86. The lowest BCUT2D eigenvalue weighted by Crippen LogP contribution is -2.65. The van der Waals surface area contributed by atoms with Crippen LogP contribution in [0.2, 0.25) is 0 Å². The van der Waals surface area contributed by atoms with Gasteiger partial charge in [0.1, 0.15) is 18.7 Å². The van der Waals surface area contributed by atoms with Crippen LogP contribution in [0, 0.1) is 11.3 Å². The number of allylic oxidation sites excluding steroid dienone is 3. The van der Waals surface area contributed by atoms with Gasteiger partial charge in [0.2, 0.25) is 5.79 Å². The maximum Gasteiger partial charge on any atom is 0.328 e. The van der Waals surface area contributed by atoms with Gasteiger partial charge in [0, 0.05) is 31.3 Å². The van der Waals surface area contributed by atoms with Gasteiger partial charge in [-0.3, -0.25) is 9.59 Å². The van der Waals surface area contributed by atoms with Crippen molar-refractivity contribution in [2.45, 2.75) is 109 Å². The van der Waals surface area contributed by atoms with Gasteiger partial charge in [-0.15, -0.1) is 0 Å². The molecule has 0 bridgehead atoms. The van der Waals surface area contributed by atoms with Crippen molar-refractivity contribution in [3.05, 3.63) is 36.5 Å². The Morgan fingerprint density at radius 1 is 1.20 bits per heavy atom. The Balaban J connectivity index is 1.58. The van der Waals surface area contributed by atoms with Crippen LogP contribution in [0.3, 0.4) is 0 Å². The van der Waals surface area contributed by atoms with Crippen LogP contribution in [0.5, 0.6) is 0 Å². The molecule has 0 aromatic rings. The van der Waals surface area contributed by atoms with Crippen LogP contribution in [-0.2, 0) is 33.3 Å². The number of ketones is 1. The second-order valence-corrected chi connectivity index (χ2v) is 11.7. The highest BCUT2D eigenvalue weighted by Gasteiger charge is 2.52. The maximum absolute atomic E-state index is 13.0. The lowest BCUT2D eigenvalue weighted by Gasteiger charge is -2.50. The Labute approximate surface area is 235 Å². The van der Waals surface area contributed by atoms with Crippen LogP contribution in [0.1, 0.15) is 66.2 Å². The molecular formula is C29H43NO10. The summed E-state index contributed by atoms with van der Waals surface area (Å²) in [4.78, 5) is 36.3. The van der Waals surface area contributed by atoms with Crippen LogP contribution in [0.4, 0.5) is 0 Å². The summed E-state index contributed by atoms with van der Waals surface area (Å²) in [5.41, 5.74) is 0.286. The lowest BCUT2D eigenvalue weighted by atomic mass is 9.75. The van der Waals surface area contributed by atoms with Crippen LogP contribution < -0.4 is 5.32 Å². The van der Waals surface area contributed by atoms with Gasteiger partial charge in [0.15, 0.2) is 12.3 Å². The number of aliphatic carboxylic acids is 1. The van der Waals surface area contributed by atoms with Crippen molar-refractivity contribution in [2.75, 3.05) is 6.79 Å². The van der Waals surface area contributed by atoms with Crippen molar-refractivity contribution in [1.82, 2.24) is 5.32 Å². The molecule has 11 heteroatoms. The summed E-state index contributed by atoms with van der Waals surface area (Å²) in [6, 6.07) is 0. The molecule has 0 unspecified atom stereocenters. The van der Waals surface area contributed by atoms with Gasteiger partial charge >= 0.3 is 5.97 Å². The highest BCUT2D eigenvalue weighted by atomic mass is 16.7. The molecule has 11 nitrogen and oxygen atoms in total. The number of carboxylic acids is 1. The van der Waals surface area contributed by atoms with E-state index in [1.54, 1.807) is 13.0 Å². The van der Waals surface area contributed by atoms with E-state index in [1.165, 1.54) is 6.08 Å². The molecule has 3 fully saturated rings. The second kappa shape index (κ2) is 13.5. The molecule has 3 aliphatic heterocycles. The Hall–Kier alpha value is -2.41. The lowest BCUT2D eigenvalue weighted by molar-refractivity contribution is -0.301. The van der Waals surface area contributed by atoms with E-state index in [-0.39, 0.29) is 36.8 Å². The zero-order valence-corrected chi connectivity index (χ0v) is 23.7. The number of hydrogen-bond acceptors (Lipinski definition) is 9. The maximum atomic E-state index is 13.0. The summed E-state index contributed by atoms with van der Waals surface area (Å²) in [5.74, 6) is -4.03. The summed E-state index contributed by atoms with van der Waals surface area (Å²) < 4.78 is 23.3. The Morgan fingerprint density at radius 3 is 2.60 bits per heavy atom. The molecule has 1 amide bonds. The number of hydrogen-bond donors (Lipinski definition) is 4. The SMILES string of the molecule is C=C1C[C@](O)([C@H](O)C(=O)N[C@H]2OCO[C@@H]3CC(C)(C)[C@@H](CC(=O)CCC/C=C/C=C/C(=O)O)O[C@@H]32)O[C@H](C)[C@@H]1C. The van der Waals surface area contributed by atoms with Crippen LogP contribution in [0.15, 0.2) is 36.5 Å². The van der Waals surface area contributed by atoms with E-state index in [9.17, 15) is 24.6 Å². The molecule has 224 valence electrons. The monoisotopic (exact) mass is 565 g/mol. The quantitative estimate of drug-likeness (QED) is 0.127. The van der Waals surface area contributed by atoms with Crippen LogP contribution in [-0.4, -0.2) is 82.3 Å². The number of amides is 1. The highest BCUT2D eigenvalue weighted by molar-refractivity contribution is 5.82. The summed E-state index contributed by atoms with van der Waals surface area (Å²) in [5, 5.41) is 32.9. The van der Waals surface area contributed by atoms with Gasteiger partial charge in [0.25, 0.3) is 5.91 Å². The average molecular weight is 566 g/mol. The molecule has 40 heavy (non-hydrogen) atoms. The van der Waals surface area contributed by atoms with Gasteiger partial charge in [0.05, 0.1) is 18.3 Å². The first-order valence-corrected chi connectivity index (χ1v) is 13.8. The normalized spacial score (nSPS) is 34.9. The predicted molar refractivity (Wildman–Crippen MR) is 144 cm³/mol. The molecule has 0 aromatic carbocycles. The Morgan fingerprint density at radius 2 is 1.93 bits per heavy atom. The smallest absolute Gasteiger partial charge is 0.328 e. The molecule has 0 radical (unpaired) electrons. The summed E-state index contributed by atoms with van der Waals surface area (Å²) in [6.07, 6.45) is 3.27. The van der Waals surface area contributed by atoms with Gasteiger partial charge in [-0.1, -0.05) is 51.2 Å². The van der Waals surface area contributed by atoms with E-state index in [2.05, 4.69) is 11.9 Å². The van der Waals surface area contributed by atoms with E-state index in [4.69, 9.17) is 24.1 Å². The van der Waals surface area contributed by atoms with Crippen molar-refractivity contribution in [1.29, 1.82) is 0 Å². The number of Topliss-reactive ketones (excluding diaryl/α,β-unsaturated/α-hetero) is 1. The number of fused-ring (bicyclic) bond motifs is 1. The zero-order valence-electron chi connectivity index (χ0n) is 23.7. The number of carbonyl (C=O) groups excluding carboxylic acids is 2. The third-order valence-electron chi connectivity index (χ3n) is 8.02. The van der Waals surface area contributed by atoms with Crippen molar-refractivity contribution < 1.29 is 48.7 Å². The third-order valence-corrected chi connectivity index (χ3v) is 8.02. The number of aliphatic hydroxyl groups excluding tert-OH is 1. The first kappa shape index (κ1) is 32.1. The van der Waals surface area contributed by atoms with E-state index in [1.807, 2.05) is 26.8 Å². The number of nitrogens with one attached hydrogen (secondary N) is 1. The number of unbranched alkanes of at least 4 members (excludes halogenated alkanes) is 1. The minimum atomic E-state index is -2.12. The van der Waals surface area contributed by atoms with E-state index in [0.29, 0.717) is 31.3 Å². The molecule has 3 rings (SSSR count). The van der Waals surface area contributed by atoms with Crippen molar-refractivity contribution in [3.8, 4) is 0 Å². The summed E-state index contributed by atoms with van der Waals surface area (Å²) in [6.45, 7) is 11.5. The third kappa shape index (κ3) is 8.08. The molecule has 4 N–H and O–H groups in total. The second-order valence-electron chi connectivity index (χ2n) is 11.7. The standard InChI is InChI=1S/C29H43NO10/c1-17-14-29(36,40-19(3)18(17)2)25(34)26(35)30-27-24-21(37-16-38-27)15-28(4,5)22(39-24)13-20(31)11-9-7-6-8-10-12-23(32)33/h6,8,10,12,18-19,21-22,24-25,27,34,36H,1,7,9,11,13-16H2,2-5H3,(H,30,35)(H,32,33)/b8-6+,12-10+/t18-,19-,21-,22-,24+,25-,27+,29-/m1/s1. The number of aliphatic hydroxyl groups is 2. The van der Waals surface area contributed by atoms with E-state index >= 15 is 0 Å². The number of carboxylic acid groups (broad SMARTS) is 1. The number of carbonyl (C=O) groups is 3. The largest absolute Gasteiger partial charge is 0.478 e. The highest BCUT2D eigenvalue weighted by Crippen LogP contribution is 2.42. The molecule has 0 spiro atoms. The minimum absolute atomic E-state index is 0.0277. The van der Waals surface area contributed by atoms with Crippen LogP contribution >= 0.6 is 0 Å². The molecule has 3 heterocycles. The predicted octanol–water partition coefficient (Wildman–Crippen LogP) is 2.36. The molecule has 3 aliphatic rings. The molecule has 0 aromatic heterocycles. The fraction of sp³-hybridized carbons (Fsp3) is 0.690. The molecule has 0 aliphatic carbocycles. The fourth-order valence-electron chi connectivity index (χ4n) is 5.30. The van der Waals surface area contributed by atoms with Crippen molar-refractivity contribution in [2.24, 2.45) is 11.3 Å². The fourth-order valence-corrected chi connectivity index (χ4v) is 5.30. The van der Waals surface area contributed by atoms with Gasteiger partial charge in [-0.05, 0) is 31.6 Å². The minimum Gasteiger partial charge on any atom is -0.478 e. The Bertz CT molecular complexity index is 1010.